The number of hydrogen-bond donors (Lipinski definition) is 3. The highest BCUT2D eigenvalue weighted by Gasteiger charge is 2.22. The highest BCUT2D eigenvalue weighted by Crippen LogP contribution is 2.21. The minimum atomic E-state index is -0.644. The van der Waals surface area contributed by atoms with Gasteiger partial charge in [-0.1, -0.05) is 19.1 Å². The third-order valence-corrected chi connectivity index (χ3v) is 2.68. The molecular weight excluding hydrogens is 209 g/mol. The van der Waals surface area contributed by atoms with Gasteiger partial charge >= 0.3 is 0 Å². The third-order valence-electron chi connectivity index (χ3n) is 2.68. The highest BCUT2D eigenvalue weighted by molar-refractivity contribution is 5.51. The molecule has 3 N–H and O–H groups in total. The number of rotatable bonds is 5. The van der Waals surface area contributed by atoms with Crippen LogP contribution >= 0.6 is 0 Å². The first-order chi connectivity index (χ1) is 7.52. The summed E-state index contributed by atoms with van der Waals surface area (Å²) in [6.07, 6.45) is 0. The van der Waals surface area contributed by atoms with Crippen LogP contribution in [0.4, 0.5) is 10.1 Å². The van der Waals surface area contributed by atoms with E-state index in [9.17, 15) is 4.39 Å². The van der Waals surface area contributed by atoms with E-state index in [1.807, 2.05) is 0 Å². The summed E-state index contributed by atoms with van der Waals surface area (Å²) in [5, 5.41) is 21.1. The van der Waals surface area contributed by atoms with Gasteiger partial charge in [-0.05, 0) is 18.6 Å². The van der Waals surface area contributed by atoms with Gasteiger partial charge in [-0.2, -0.15) is 0 Å². The van der Waals surface area contributed by atoms with Gasteiger partial charge < -0.3 is 15.5 Å². The van der Waals surface area contributed by atoms with E-state index in [2.05, 4.69) is 5.32 Å². The molecule has 0 amide bonds. The fraction of sp³-hybridized carbons (Fsp3) is 0.500. The van der Waals surface area contributed by atoms with Crippen molar-refractivity contribution in [3.63, 3.8) is 0 Å². The molecule has 0 heterocycles. The number of aliphatic hydroxyl groups excluding tert-OH is 2. The van der Waals surface area contributed by atoms with Gasteiger partial charge in [-0.25, -0.2) is 4.39 Å². The summed E-state index contributed by atoms with van der Waals surface area (Å²) < 4.78 is 13.4. The van der Waals surface area contributed by atoms with E-state index in [-0.39, 0.29) is 19.0 Å². The fourth-order valence-corrected chi connectivity index (χ4v) is 1.32. The lowest BCUT2D eigenvalue weighted by molar-refractivity contribution is 0.0806. The summed E-state index contributed by atoms with van der Waals surface area (Å²) >= 11 is 0. The molecule has 1 rings (SSSR count). The van der Waals surface area contributed by atoms with Crippen molar-refractivity contribution in [3.05, 3.63) is 29.6 Å². The number of para-hydroxylation sites is 1. The standard InChI is InChI=1S/C12H18FNO2/c1-9-4-3-5-10(13)11(9)14-6-12(2,7-15)8-16/h3-5,14-16H,6-8H2,1-2H3. The number of benzene rings is 1. The smallest absolute Gasteiger partial charge is 0.146 e. The average molecular weight is 227 g/mol. The van der Waals surface area contributed by atoms with E-state index in [4.69, 9.17) is 10.2 Å². The Kier molecular flexibility index (Phi) is 4.26. The molecular formula is C12H18FNO2. The monoisotopic (exact) mass is 227 g/mol. The van der Waals surface area contributed by atoms with Crippen LogP contribution in [0.25, 0.3) is 0 Å². The zero-order valence-electron chi connectivity index (χ0n) is 9.63. The Morgan fingerprint density at radius 2 is 1.94 bits per heavy atom. The molecule has 90 valence electrons. The summed E-state index contributed by atoms with van der Waals surface area (Å²) in [5.41, 5.74) is 0.586. The highest BCUT2D eigenvalue weighted by atomic mass is 19.1. The second-order valence-electron chi connectivity index (χ2n) is 4.41. The van der Waals surface area contributed by atoms with Crippen molar-refractivity contribution in [1.82, 2.24) is 0 Å². The lowest BCUT2D eigenvalue weighted by Crippen LogP contribution is -2.34. The molecule has 4 heteroatoms. The summed E-state index contributed by atoms with van der Waals surface area (Å²) in [4.78, 5) is 0. The lowest BCUT2D eigenvalue weighted by Gasteiger charge is -2.26. The molecule has 0 aliphatic carbocycles. The number of hydrogen-bond acceptors (Lipinski definition) is 3. The quantitative estimate of drug-likeness (QED) is 0.715. The van der Waals surface area contributed by atoms with E-state index in [0.717, 1.165) is 5.56 Å². The summed E-state index contributed by atoms with van der Waals surface area (Å²) in [6, 6.07) is 4.83. The van der Waals surface area contributed by atoms with Gasteiger partial charge in [0.25, 0.3) is 0 Å². The van der Waals surface area contributed by atoms with Crippen LogP contribution in [0.15, 0.2) is 18.2 Å². The molecule has 16 heavy (non-hydrogen) atoms. The molecule has 0 unspecified atom stereocenters. The van der Waals surface area contributed by atoms with Crippen LogP contribution in [-0.2, 0) is 0 Å². The molecule has 3 nitrogen and oxygen atoms in total. The van der Waals surface area contributed by atoms with Crippen LogP contribution in [0.3, 0.4) is 0 Å². The Morgan fingerprint density at radius 1 is 1.31 bits per heavy atom. The van der Waals surface area contributed by atoms with E-state index in [1.54, 1.807) is 26.0 Å². The first kappa shape index (κ1) is 12.9. The number of halogens is 1. The van der Waals surface area contributed by atoms with E-state index in [0.29, 0.717) is 12.2 Å². The normalized spacial score (nSPS) is 11.6. The van der Waals surface area contributed by atoms with Gasteiger partial charge in [-0.3, -0.25) is 0 Å². The van der Waals surface area contributed by atoms with Crippen molar-refractivity contribution >= 4 is 5.69 Å². The number of aliphatic hydroxyl groups is 2. The van der Waals surface area contributed by atoms with Crippen molar-refractivity contribution in [2.75, 3.05) is 25.1 Å². The van der Waals surface area contributed by atoms with Crippen LogP contribution in [0, 0.1) is 18.2 Å². The second-order valence-corrected chi connectivity index (χ2v) is 4.41. The van der Waals surface area contributed by atoms with Crippen molar-refractivity contribution in [2.45, 2.75) is 13.8 Å². The van der Waals surface area contributed by atoms with Crippen LogP contribution in [0.1, 0.15) is 12.5 Å². The van der Waals surface area contributed by atoms with Crippen LogP contribution < -0.4 is 5.32 Å². The van der Waals surface area contributed by atoms with Gasteiger partial charge in [-0.15, -0.1) is 0 Å². The van der Waals surface area contributed by atoms with Crippen LogP contribution in [-0.4, -0.2) is 30.0 Å². The Bertz CT molecular complexity index is 331. The minimum absolute atomic E-state index is 0.149. The molecule has 0 saturated carbocycles. The summed E-state index contributed by atoms with van der Waals surface area (Å²) in [6.45, 7) is 3.56. The van der Waals surface area contributed by atoms with E-state index in [1.165, 1.54) is 6.07 Å². The van der Waals surface area contributed by atoms with Crippen LogP contribution in [0.5, 0.6) is 0 Å². The first-order valence-corrected chi connectivity index (χ1v) is 5.23. The van der Waals surface area contributed by atoms with Gasteiger partial charge in [0.2, 0.25) is 0 Å². The summed E-state index contributed by atoms with van der Waals surface area (Å²) in [7, 11) is 0. The minimum Gasteiger partial charge on any atom is -0.396 e. The summed E-state index contributed by atoms with van der Waals surface area (Å²) in [5.74, 6) is -0.321. The van der Waals surface area contributed by atoms with Crippen LogP contribution in [0.2, 0.25) is 0 Å². The zero-order valence-corrected chi connectivity index (χ0v) is 9.63. The van der Waals surface area contributed by atoms with Gasteiger partial charge in [0.15, 0.2) is 0 Å². The van der Waals surface area contributed by atoms with Gasteiger partial charge in [0.05, 0.1) is 18.9 Å². The molecule has 0 aliphatic heterocycles. The maximum absolute atomic E-state index is 13.4. The van der Waals surface area contributed by atoms with E-state index >= 15 is 0 Å². The molecule has 0 bridgehead atoms. The molecule has 0 aliphatic rings. The molecule has 1 aromatic rings. The second kappa shape index (κ2) is 5.27. The number of aryl methyl sites for hydroxylation is 1. The molecule has 1 aromatic carbocycles. The van der Waals surface area contributed by atoms with Crippen molar-refractivity contribution < 1.29 is 14.6 Å². The third kappa shape index (κ3) is 2.93. The van der Waals surface area contributed by atoms with Gasteiger partial charge in [0.1, 0.15) is 5.82 Å². The maximum Gasteiger partial charge on any atom is 0.146 e. The molecule has 0 fully saturated rings. The van der Waals surface area contributed by atoms with Crippen molar-refractivity contribution in [2.24, 2.45) is 5.41 Å². The van der Waals surface area contributed by atoms with Crippen molar-refractivity contribution in [3.8, 4) is 0 Å². The number of nitrogens with one attached hydrogen (secondary N) is 1. The maximum atomic E-state index is 13.4. The van der Waals surface area contributed by atoms with Gasteiger partial charge in [0, 0.05) is 12.0 Å². The SMILES string of the molecule is Cc1cccc(F)c1NCC(C)(CO)CO. The average Bonchev–Trinajstić information content (AvgIpc) is 2.28. The number of anilines is 1. The molecule has 0 aromatic heterocycles. The molecule has 0 radical (unpaired) electrons. The lowest BCUT2D eigenvalue weighted by atomic mass is 9.93. The Balaban J connectivity index is 2.75. The topological polar surface area (TPSA) is 52.5 Å². The molecule has 0 saturated heterocycles. The molecule has 0 atom stereocenters. The van der Waals surface area contributed by atoms with E-state index < -0.39 is 5.41 Å². The predicted molar refractivity (Wildman–Crippen MR) is 61.9 cm³/mol. The fourth-order valence-electron chi connectivity index (χ4n) is 1.32. The Morgan fingerprint density at radius 3 is 2.44 bits per heavy atom. The zero-order chi connectivity index (χ0) is 12.2. The van der Waals surface area contributed by atoms with Crippen molar-refractivity contribution in [1.29, 1.82) is 0 Å². The Labute approximate surface area is 94.9 Å². The Hall–Kier alpha value is -1.13. The first-order valence-electron chi connectivity index (χ1n) is 5.23. The molecule has 0 spiro atoms. The predicted octanol–water partition coefficient (Wildman–Crippen LogP) is 1.54. The largest absolute Gasteiger partial charge is 0.396 e.